The number of rotatable bonds is 6. The van der Waals surface area contributed by atoms with Crippen molar-refractivity contribution in [3.8, 4) is 0 Å². The molecule has 0 fully saturated rings. The van der Waals surface area contributed by atoms with Crippen LogP contribution in [0.25, 0.3) is 22.9 Å². The van der Waals surface area contributed by atoms with Crippen LogP contribution in [0.2, 0.25) is 0 Å². The summed E-state index contributed by atoms with van der Waals surface area (Å²) in [6.07, 6.45) is 3.64. The van der Waals surface area contributed by atoms with Crippen LogP contribution in [0.1, 0.15) is 11.1 Å². The normalized spacial score (nSPS) is 11.6. The van der Waals surface area contributed by atoms with E-state index in [1.807, 2.05) is 30.4 Å². The average Bonchev–Trinajstić information content (AvgIpc) is 2.55. The topological polar surface area (TPSA) is 27.7 Å². The van der Waals surface area contributed by atoms with Crippen molar-refractivity contribution in [2.24, 2.45) is 0 Å². The Morgan fingerprint density at radius 3 is 1.95 bits per heavy atom. The van der Waals surface area contributed by atoms with E-state index in [9.17, 15) is 0 Å². The molecule has 0 unspecified atom stereocenters. The molecule has 3 nitrogen and oxygen atoms in total. The Kier molecular flexibility index (Phi) is 4.75. The van der Waals surface area contributed by atoms with Crippen LogP contribution in [0, 0.1) is 0 Å². The Hall–Kier alpha value is -1.72. The van der Waals surface area contributed by atoms with Gasteiger partial charge in [-0.15, -0.1) is 0 Å². The minimum atomic E-state index is -2.91. The molecule has 0 radical (unpaired) electrons. The second kappa shape index (κ2) is 6.36. The van der Waals surface area contributed by atoms with Crippen LogP contribution in [0.4, 0.5) is 0 Å². The largest absolute Gasteiger partial charge is 0.537 e. The summed E-state index contributed by atoms with van der Waals surface area (Å²) in [6.45, 7) is 7.67. The molecule has 0 aliphatic carbocycles. The SMILES string of the molecule is C=Cc1ccc2c([Si](OC)(OC)OC)cc(C=C)cc2c1. The highest BCUT2D eigenvalue weighted by molar-refractivity contribution is 6.77. The van der Waals surface area contributed by atoms with Crippen LogP contribution in [0.3, 0.4) is 0 Å². The zero-order chi connectivity index (χ0) is 15.5. The van der Waals surface area contributed by atoms with Crippen molar-refractivity contribution >= 4 is 36.9 Å². The quantitative estimate of drug-likeness (QED) is 0.767. The van der Waals surface area contributed by atoms with E-state index < -0.39 is 8.80 Å². The molecule has 2 aromatic carbocycles. The summed E-state index contributed by atoms with van der Waals surface area (Å²) in [5.74, 6) is 0. The molecule has 0 spiro atoms. The third-order valence-electron chi connectivity index (χ3n) is 3.61. The van der Waals surface area contributed by atoms with Crippen molar-refractivity contribution in [2.75, 3.05) is 21.3 Å². The Morgan fingerprint density at radius 2 is 1.43 bits per heavy atom. The summed E-state index contributed by atoms with van der Waals surface area (Å²) in [5, 5.41) is 3.09. The number of benzene rings is 2. The van der Waals surface area contributed by atoms with Crippen molar-refractivity contribution in [1.29, 1.82) is 0 Å². The van der Waals surface area contributed by atoms with Gasteiger partial charge in [-0.05, 0) is 40.1 Å². The van der Waals surface area contributed by atoms with E-state index in [0.717, 1.165) is 27.1 Å². The molecule has 21 heavy (non-hydrogen) atoms. The Morgan fingerprint density at radius 1 is 0.857 bits per heavy atom. The third-order valence-corrected chi connectivity index (χ3v) is 6.29. The zero-order valence-corrected chi connectivity index (χ0v) is 13.7. The van der Waals surface area contributed by atoms with Crippen molar-refractivity contribution < 1.29 is 13.3 Å². The fraction of sp³-hybridized carbons (Fsp3) is 0.176. The van der Waals surface area contributed by atoms with Crippen LogP contribution < -0.4 is 5.19 Å². The molecular weight excluding hydrogens is 280 g/mol. The molecule has 0 aliphatic rings. The maximum atomic E-state index is 5.63. The molecule has 2 rings (SSSR count). The lowest BCUT2D eigenvalue weighted by Crippen LogP contribution is -2.55. The molecule has 4 heteroatoms. The maximum absolute atomic E-state index is 5.63. The van der Waals surface area contributed by atoms with Gasteiger partial charge in [0.1, 0.15) is 0 Å². The van der Waals surface area contributed by atoms with Crippen molar-refractivity contribution in [1.82, 2.24) is 0 Å². The second-order valence-corrected chi connectivity index (χ2v) is 7.50. The highest BCUT2D eigenvalue weighted by atomic mass is 28.4. The highest BCUT2D eigenvalue weighted by Crippen LogP contribution is 2.22. The first-order chi connectivity index (χ1) is 10.1. The van der Waals surface area contributed by atoms with Crippen molar-refractivity contribution in [3.05, 3.63) is 54.6 Å². The van der Waals surface area contributed by atoms with E-state index >= 15 is 0 Å². The van der Waals surface area contributed by atoms with Gasteiger partial charge in [0.25, 0.3) is 0 Å². The minimum Gasteiger partial charge on any atom is -0.373 e. The second-order valence-electron chi connectivity index (χ2n) is 4.63. The molecule has 0 N–H and O–H groups in total. The monoisotopic (exact) mass is 300 g/mol. The fourth-order valence-corrected chi connectivity index (χ4v) is 4.55. The first-order valence-electron chi connectivity index (χ1n) is 6.62. The molecule has 0 saturated carbocycles. The van der Waals surface area contributed by atoms with Gasteiger partial charge >= 0.3 is 8.80 Å². The molecule has 110 valence electrons. The lowest BCUT2D eigenvalue weighted by atomic mass is 10.0. The molecular formula is C17H20O3Si. The van der Waals surface area contributed by atoms with E-state index in [4.69, 9.17) is 13.3 Å². The Balaban J connectivity index is 2.83. The van der Waals surface area contributed by atoms with Crippen LogP contribution in [-0.2, 0) is 13.3 Å². The standard InChI is InChI=1S/C17H20O3Si/c1-6-13-8-9-16-15(10-13)11-14(7-2)12-17(16)21(18-3,19-4)20-5/h6-12H,1-2H2,3-5H3. The predicted octanol–water partition coefficient (Wildman–Crippen LogP) is 3.21. The van der Waals surface area contributed by atoms with E-state index in [2.05, 4.69) is 25.3 Å². The van der Waals surface area contributed by atoms with Gasteiger partial charge < -0.3 is 13.3 Å². The summed E-state index contributed by atoms with van der Waals surface area (Å²) in [4.78, 5) is 0. The molecule has 0 atom stereocenters. The lowest BCUT2D eigenvalue weighted by Gasteiger charge is -2.26. The van der Waals surface area contributed by atoms with Crippen LogP contribution >= 0.6 is 0 Å². The minimum absolute atomic E-state index is 0.943. The van der Waals surface area contributed by atoms with E-state index in [1.54, 1.807) is 21.3 Å². The Labute approximate surface area is 126 Å². The lowest BCUT2D eigenvalue weighted by molar-refractivity contribution is 0.140. The molecule has 0 amide bonds. The highest BCUT2D eigenvalue weighted by Gasteiger charge is 2.42. The average molecular weight is 300 g/mol. The van der Waals surface area contributed by atoms with E-state index in [-0.39, 0.29) is 0 Å². The first-order valence-corrected chi connectivity index (χ1v) is 8.35. The summed E-state index contributed by atoms with van der Waals surface area (Å²) in [6, 6.07) is 10.3. The number of hydrogen-bond acceptors (Lipinski definition) is 3. The fourth-order valence-electron chi connectivity index (χ4n) is 2.49. The summed E-state index contributed by atoms with van der Waals surface area (Å²) < 4.78 is 16.9. The van der Waals surface area contributed by atoms with Crippen molar-refractivity contribution in [2.45, 2.75) is 0 Å². The van der Waals surface area contributed by atoms with Gasteiger partial charge in [0.2, 0.25) is 0 Å². The number of hydrogen-bond donors (Lipinski definition) is 0. The van der Waals surface area contributed by atoms with Gasteiger partial charge in [-0.3, -0.25) is 0 Å². The Bertz CT molecular complexity index is 662. The van der Waals surface area contributed by atoms with Gasteiger partial charge in [-0.2, -0.15) is 0 Å². The van der Waals surface area contributed by atoms with Crippen LogP contribution in [0.5, 0.6) is 0 Å². The molecule has 0 aromatic heterocycles. The van der Waals surface area contributed by atoms with Gasteiger partial charge in [-0.1, -0.05) is 37.4 Å². The van der Waals surface area contributed by atoms with Gasteiger partial charge in [-0.25, -0.2) is 0 Å². The molecule has 0 heterocycles. The summed E-state index contributed by atoms with van der Waals surface area (Å²) in [7, 11) is 1.94. The molecule has 0 aliphatic heterocycles. The van der Waals surface area contributed by atoms with Gasteiger partial charge in [0, 0.05) is 26.5 Å². The summed E-state index contributed by atoms with van der Waals surface area (Å²) >= 11 is 0. The molecule has 0 saturated heterocycles. The van der Waals surface area contributed by atoms with E-state index in [1.165, 1.54) is 0 Å². The summed E-state index contributed by atoms with van der Waals surface area (Å²) in [5.41, 5.74) is 2.07. The zero-order valence-electron chi connectivity index (χ0n) is 12.7. The van der Waals surface area contributed by atoms with Crippen molar-refractivity contribution in [3.63, 3.8) is 0 Å². The number of fused-ring (bicyclic) bond motifs is 1. The van der Waals surface area contributed by atoms with Gasteiger partial charge in [0.15, 0.2) is 0 Å². The van der Waals surface area contributed by atoms with Crippen LogP contribution in [0.15, 0.2) is 43.5 Å². The molecule has 0 bridgehead atoms. The first kappa shape index (κ1) is 15.7. The third kappa shape index (κ3) is 2.71. The predicted molar refractivity (Wildman–Crippen MR) is 90.5 cm³/mol. The van der Waals surface area contributed by atoms with E-state index in [0.29, 0.717) is 0 Å². The molecule has 2 aromatic rings. The maximum Gasteiger partial charge on any atom is 0.537 e. The van der Waals surface area contributed by atoms with Gasteiger partial charge in [0.05, 0.1) is 0 Å². The van der Waals surface area contributed by atoms with Crippen LogP contribution in [-0.4, -0.2) is 30.1 Å². The smallest absolute Gasteiger partial charge is 0.373 e.